The molecule has 0 amide bonds. The molecule has 0 atom stereocenters. The second-order valence-electron chi connectivity index (χ2n) is 4.24. The van der Waals surface area contributed by atoms with Gasteiger partial charge in [-0.25, -0.2) is 0 Å². The van der Waals surface area contributed by atoms with Crippen molar-refractivity contribution in [3.63, 3.8) is 0 Å². The van der Waals surface area contributed by atoms with Gasteiger partial charge in [0.1, 0.15) is 0 Å². The van der Waals surface area contributed by atoms with Crippen LogP contribution in [0, 0.1) is 6.92 Å². The van der Waals surface area contributed by atoms with E-state index in [0.717, 1.165) is 22.3 Å². The van der Waals surface area contributed by atoms with Crippen LogP contribution >= 0.6 is 27.3 Å². The first kappa shape index (κ1) is 13.3. The second-order valence-corrected chi connectivity index (χ2v) is 6.09. The average Bonchev–Trinajstić information content (AvgIpc) is 3.06. The molecule has 3 aromatic rings. The Morgan fingerprint density at radius 1 is 1.30 bits per heavy atom. The van der Waals surface area contributed by atoms with Gasteiger partial charge in [0.25, 0.3) is 5.89 Å². The maximum atomic E-state index is 5.24. The van der Waals surface area contributed by atoms with Crippen LogP contribution in [0.3, 0.4) is 0 Å². The average molecular weight is 350 g/mol. The van der Waals surface area contributed by atoms with E-state index in [9.17, 15) is 0 Å². The molecule has 0 saturated heterocycles. The Labute approximate surface area is 129 Å². The van der Waals surface area contributed by atoms with Gasteiger partial charge in [0.2, 0.25) is 0 Å². The Kier molecular flexibility index (Phi) is 3.84. The summed E-state index contributed by atoms with van der Waals surface area (Å²) in [5.41, 5.74) is 1.90. The lowest BCUT2D eigenvalue weighted by Crippen LogP contribution is -1.99. The van der Waals surface area contributed by atoms with Gasteiger partial charge in [-0.3, -0.25) is 0 Å². The lowest BCUT2D eigenvalue weighted by molar-refractivity contribution is 0.426. The largest absolute Gasteiger partial charge is 0.379 e. The van der Waals surface area contributed by atoms with Crippen LogP contribution in [-0.2, 0) is 6.54 Å². The van der Waals surface area contributed by atoms with E-state index in [4.69, 9.17) is 4.52 Å². The third-order valence-corrected chi connectivity index (χ3v) is 4.74. The van der Waals surface area contributed by atoms with Crippen LogP contribution in [0.5, 0.6) is 0 Å². The highest BCUT2D eigenvalue weighted by Crippen LogP contribution is 2.28. The molecular formula is C14H12BrN3OS. The molecule has 0 radical (unpaired) electrons. The number of nitrogens with one attached hydrogen (secondary N) is 1. The quantitative estimate of drug-likeness (QED) is 0.754. The summed E-state index contributed by atoms with van der Waals surface area (Å²) in [5, 5.41) is 9.32. The summed E-state index contributed by atoms with van der Waals surface area (Å²) < 4.78 is 6.37. The fourth-order valence-corrected chi connectivity index (χ4v) is 3.29. The number of benzene rings is 1. The number of aryl methyl sites for hydroxylation is 1. The Morgan fingerprint density at radius 2 is 2.15 bits per heavy atom. The maximum absolute atomic E-state index is 5.24. The Hall–Kier alpha value is -1.66. The number of hydrogen-bond acceptors (Lipinski definition) is 5. The molecule has 0 aliphatic heterocycles. The molecule has 6 heteroatoms. The Bertz CT molecular complexity index is 723. The number of para-hydroxylation sites is 1. The second kappa shape index (κ2) is 5.76. The van der Waals surface area contributed by atoms with Gasteiger partial charge in [-0.2, -0.15) is 4.98 Å². The van der Waals surface area contributed by atoms with E-state index in [1.165, 1.54) is 4.88 Å². The summed E-state index contributed by atoms with van der Waals surface area (Å²) in [6.45, 7) is 2.56. The first-order valence-electron chi connectivity index (χ1n) is 6.09. The molecule has 2 heterocycles. The van der Waals surface area contributed by atoms with Crippen LogP contribution in [0.1, 0.15) is 10.7 Å². The molecule has 4 nitrogen and oxygen atoms in total. The summed E-state index contributed by atoms with van der Waals surface area (Å²) in [7, 11) is 0. The van der Waals surface area contributed by atoms with Gasteiger partial charge < -0.3 is 9.84 Å². The molecular weight excluding hydrogens is 338 g/mol. The minimum Gasteiger partial charge on any atom is -0.379 e. The Morgan fingerprint density at radius 3 is 2.85 bits per heavy atom. The number of hydrogen-bond donors (Lipinski definition) is 1. The lowest BCUT2D eigenvalue weighted by atomic mass is 10.1. The standard InChI is InChI=1S/C14H12BrN3OS/c1-9-17-14(19-18-9)10-4-2-3-5-12(10)16-8-13-11(15)6-7-20-13/h2-7,16H,8H2,1H3. The highest BCUT2D eigenvalue weighted by Gasteiger charge is 2.11. The SMILES string of the molecule is Cc1noc(-c2ccccc2NCc2sccc2Br)n1. The molecule has 102 valence electrons. The highest BCUT2D eigenvalue weighted by molar-refractivity contribution is 9.10. The van der Waals surface area contributed by atoms with E-state index in [-0.39, 0.29) is 0 Å². The summed E-state index contributed by atoms with van der Waals surface area (Å²) >= 11 is 5.25. The number of halogens is 1. The molecule has 1 N–H and O–H groups in total. The van der Waals surface area contributed by atoms with Crippen LogP contribution in [-0.4, -0.2) is 10.1 Å². The zero-order valence-corrected chi connectivity index (χ0v) is 13.2. The minimum atomic E-state index is 0.538. The van der Waals surface area contributed by atoms with Gasteiger partial charge in [-0.05, 0) is 46.4 Å². The van der Waals surface area contributed by atoms with Crippen molar-refractivity contribution < 1.29 is 4.52 Å². The molecule has 1 aromatic carbocycles. The van der Waals surface area contributed by atoms with Gasteiger partial charge in [-0.1, -0.05) is 17.3 Å². The fourth-order valence-electron chi connectivity index (χ4n) is 1.86. The molecule has 0 spiro atoms. The molecule has 0 saturated carbocycles. The van der Waals surface area contributed by atoms with E-state index < -0.39 is 0 Å². The molecule has 0 aliphatic carbocycles. The third kappa shape index (κ3) is 2.76. The number of rotatable bonds is 4. The molecule has 0 aliphatic rings. The molecule has 2 aromatic heterocycles. The number of nitrogens with zero attached hydrogens (tertiary/aromatic N) is 2. The van der Waals surface area contributed by atoms with Crippen LogP contribution in [0.2, 0.25) is 0 Å². The fraction of sp³-hybridized carbons (Fsp3) is 0.143. The molecule has 3 rings (SSSR count). The molecule has 0 fully saturated rings. The van der Waals surface area contributed by atoms with Crippen molar-refractivity contribution in [3.05, 3.63) is 50.9 Å². The number of thiophene rings is 1. The minimum absolute atomic E-state index is 0.538. The summed E-state index contributed by atoms with van der Waals surface area (Å²) in [4.78, 5) is 5.53. The summed E-state index contributed by atoms with van der Waals surface area (Å²) in [6.07, 6.45) is 0. The van der Waals surface area contributed by atoms with Crippen LogP contribution < -0.4 is 5.32 Å². The summed E-state index contributed by atoms with van der Waals surface area (Å²) in [6, 6.07) is 9.98. The Balaban J connectivity index is 1.85. The monoisotopic (exact) mass is 349 g/mol. The highest BCUT2D eigenvalue weighted by atomic mass is 79.9. The van der Waals surface area contributed by atoms with Crippen molar-refractivity contribution >= 4 is 33.0 Å². The lowest BCUT2D eigenvalue weighted by Gasteiger charge is -2.08. The topological polar surface area (TPSA) is 51.0 Å². The van der Waals surface area contributed by atoms with Crippen LogP contribution in [0.15, 0.2) is 44.7 Å². The van der Waals surface area contributed by atoms with Crippen molar-refractivity contribution in [1.82, 2.24) is 10.1 Å². The van der Waals surface area contributed by atoms with E-state index in [2.05, 4.69) is 42.8 Å². The summed E-state index contributed by atoms with van der Waals surface area (Å²) in [5.74, 6) is 1.17. The van der Waals surface area contributed by atoms with Gasteiger partial charge in [-0.15, -0.1) is 11.3 Å². The molecule has 0 bridgehead atoms. The zero-order chi connectivity index (χ0) is 13.9. The number of aromatic nitrogens is 2. The van der Waals surface area contributed by atoms with Gasteiger partial charge >= 0.3 is 0 Å². The van der Waals surface area contributed by atoms with Crippen molar-refractivity contribution in [1.29, 1.82) is 0 Å². The van der Waals surface area contributed by atoms with E-state index in [1.807, 2.05) is 31.2 Å². The van der Waals surface area contributed by atoms with Gasteiger partial charge in [0.15, 0.2) is 5.82 Å². The predicted octanol–water partition coefficient (Wildman–Crippen LogP) is 4.48. The van der Waals surface area contributed by atoms with E-state index in [1.54, 1.807) is 11.3 Å². The van der Waals surface area contributed by atoms with E-state index in [0.29, 0.717) is 11.7 Å². The third-order valence-electron chi connectivity index (χ3n) is 2.82. The predicted molar refractivity (Wildman–Crippen MR) is 83.8 cm³/mol. The molecule has 20 heavy (non-hydrogen) atoms. The first-order valence-corrected chi connectivity index (χ1v) is 7.77. The zero-order valence-electron chi connectivity index (χ0n) is 10.8. The van der Waals surface area contributed by atoms with Gasteiger partial charge in [0, 0.05) is 15.0 Å². The smallest absolute Gasteiger partial charge is 0.260 e. The van der Waals surface area contributed by atoms with Crippen molar-refractivity contribution in [3.8, 4) is 11.5 Å². The van der Waals surface area contributed by atoms with Crippen LogP contribution in [0.25, 0.3) is 11.5 Å². The van der Waals surface area contributed by atoms with Crippen LogP contribution in [0.4, 0.5) is 5.69 Å². The van der Waals surface area contributed by atoms with Crippen molar-refractivity contribution in [2.24, 2.45) is 0 Å². The normalized spacial score (nSPS) is 10.7. The maximum Gasteiger partial charge on any atom is 0.260 e. The first-order chi connectivity index (χ1) is 9.74. The van der Waals surface area contributed by atoms with Gasteiger partial charge in [0.05, 0.1) is 12.1 Å². The van der Waals surface area contributed by atoms with Crippen molar-refractivity contribution in [2.75, 3.05) is 5.32 Å². The molecule has 0 unspecified atom stereocenters. The van der Waals surface area contributed by atoms with Crippen molar-refractivity contribution in [2.45, 2.75) is 13.5 Å². The number of anilines is 1. The van der Waals surface area contributed by atoms with E-state index >= 15 is 0 Å².